The quantitative estimate of drug-likeness (QED) is 0.806. The smallest absolute Gasteiger partial charge is 0.255 e. The first-order valence-electron chi connectivity index (χ1n) is 6.21. The highest BCUT2D eigenvalue weighted by Crippen LogP contribution is 2.23. The van der Waals surface area contributed by atoms with Gasteiger partial charge in [-0.1, -0.05) is 23.2 Å². The summed E-state index contributed by atoms with van der Waals surface area (Å²) in [6, 6.07) is 1.52. The summed E-state index contributed by atoms with van der Waals surface area (Å²) in [6.07, 6.45) is 3.32. The van der Waals surface area contributed by atoms with Gasteiger partial charge in [-0.15, -0.1) is 0 Å². The summed E-state index contributed by atoms with van der Waals surface area (Å²) in [5, 5.41) is 0.621. The van der Waals surface area contributed by atoms with Crippen LogP contribution in [0.3, 0.4) is 0 Å². The number of pyridine rings is 1. The Labute approximate surface area is 122 Å². The maximum Gasteiger partial charge on any atom is 0.255 e. The van der Waals surface area contributed by atoms with E-state index in [1.54, 1.807) is 7.11 Å². The van der Waals surface area contributed by atoms with Gasteiger partial charge in [0.1, 0.15) is 5.15 Å². The zero-order valence-corrected chi connectivity index (χ0v) is 12.2. The Morgan fingerprint density at radius 3 is 2.79 bits per heavy atom. The van der Waals surface area contributed by atoms with Crippen LogP contribution in [0.1, 0.15) is 23.2 Å². The average molecular weight is 303 g/mol. The fraction of sp³-hybridized carbons (Fsp3) is 0.538. The summed E-state index contributed by atoms with van der Waals surface area (Å²) in [5.74, 6) is 0.454. The van der Waals surface area contributed by atoms with Crippen molar-refractivity contribution in [2.24, 2.45) is 5.92 Å². The van der Waals surface area contributed by atoms with Crippen LogP contribution in [0.5, 0.6) is 0 Å². The molecule has 2 heterocycles. The Balaban J connectivity index is 2.03. The van der Waals surface area contributed by atoms with E-state index in [0.717, 1.165) is 32.5 Å². The Morgan fingerprint density at radius 1 is 1.47 bits per heavy atom. The molecule has 0 bridgehead atoms. The molecule has 0 atom stereocenters. The van der Waals surface area contributed by atoms with E-state index in [2.05, 4.69) is 4.98 Å². The molecule has 1 fully saturated rings. The lowest BCUT2D eigenvalue weighted by Crippen LogP contribution is -2.39. The molecule has 1 saturated heterocycles. The summed E-state index contributed by atoms with van der Waals surface area (Å²) in [4.78, 5) is 18.0. The predicted molar refractivity (Wildman–Crippen MR) is 74.8 cm³/mol. The first-order chi connectivity index (χ1) is 9.11. The van der Waals surface area contributed by atoms with Gasteiger partial charge in [0.05, 0.1) is 10.6 Å². The van der Waals surface area contributed by atoms with E-state index in [0.29, 0.717) is 16.5 Å². The fourth-order valence-electron chi connectivity index (χ4n) is 2.29. The van der Waals surface area contributed by atoms with E-state index >= 15 is 0 Å². The molecule has 1 aromatic rings. The molecule has 0 saturated carbocycles. The molecular formula is C13H16Cl2N2O2. The minimum Gasteiger partial charge on any atom is -0.384 e. The number of halogens is 2. The summed E-state index contributed by atoms with van der Waals surface area (Å²) >= 11 is 11.8. The zero-order valence-electron chi connectivity index (χ0n) is 10.7. The van der Waals surface area contributed by atoms with Crippen molar-refractivity contribution < 1.29 is 9.53 Å². The number of likely N-dealkylation sites (tertiary alicyclic amines) is 1. The molecule has 4 nitrogen and oxygen atoms in total. The van der Waals surface area contributed by atoms with E-state index in [1.807, 2.05) is 4.90 Å². The number of methoxy groups -OCH3 is 1. The van der Waals surface area contributed by atoms with Crippen molar-refractivity contribution in [3.05, 3.63) is 28.0 Å². The molecule has 0 aromatic carbocycles. The molecular weight excluding hydrogens is 287 g/mol. The van der Waals surface area contributed by atoms with Gasteiger partial charge in [-0.05, 0) is 24.8 Å². The van der Waals surface area contributed by atoms with Crippen LogP contribution < -0.4 is 0 Å². The fourth-order valence-corrected chi connectivity index (χ4v) is 2.63. The minimum atomic E-state index is -0.0785. The van der Waals surface area contributed by atoms with Crippen LogP contribution in [0.2, 0.25) is 10.2 Å². The van der Waals surface area contributed by atoms with Crippen LogP contribution in [0.4, 0.5) is 0 Å². The molecule has 0 radical (unpaired) electrons. The first-order valence-corrected chi connectivity index (χ1v) is 6.96. The average Bonchev–Trinajstić information content (AvgIpc) is 2.42. The number of amides is 1. The molecule has 0 N–H and O–H groups in total. The number of carbonyl (C=O) groups is 1. The first kappa shape index (κ1) is 14.6. The predicted octanol–water partition coefficient (Wildman–Crippen LogP) is 2.89. The van der Waals surface area contributed by atoms with Gasteiger partial charge in [-0.3, -0.25) is 4.79 Å². The van der Waals surface area contributed by atoms with E-state index in [4.69, 9.17) is 27.9 Å². The van der Waals surface area contributed by atoms with Gasteiger partial charge in [-0.25, -0.2) is 4.98 Å². The monoisotopic (exact) mass is 302 g/mol. The molecule has 1 amide bonds. The van der Waals surface area contributed by atoms with E-state index in [9.17, 15) is 4.79 Å². The van der Waals surface area contributed by atoms with Crippen LogP contribution in [0, 0.1) is 5.92 Å². The number of hydrogen-bond donors (Lipinski definition) is 0. The highest BCUT2D eigenvalue weighted by Gasteiger charge is 2.25. The largest absolute Gasteiger partial charge is 0.384 e. The van der Waals surface area contributed by atoms with Crippen LogP contribution in [0.25, 0.3) is 0 Å². The number of nitrogens with zero attached hydrogens (tertiary/aromatic N) is 2. The highest BCUT2D eigenvalue weighted by molar-refractivity contribution is 6.35. The van der Waals surface area contributed by atoms with Crippen molar-refractivity contribution in [1.82, 2.24) is 9.88 Å². The Hall–Kier alpha value is -0.840. The lowest BCUT2D eigenvalue weighted by Gasteiger charge is -2.31. The van der Waals surface area contributed by atoms with Crippen LogP contribution in [-0.4, -0.2) is 42.6 Å². The van der Waals surface area contributed by atoms with Crippen molar-refractivity contribution in [2.45, 2.75) is 12.8 Å². The maximum absolute atomic E-state index is 12.4. The lowest BCUT2D eigenvalue weighted by atomic mass is 9.97. The topological polar surface area (TPSA) is 42.4 Å². The van der Waals surface area contributed by atoms with E-state index < -0.39 is 0 Å². The molecule has 19 heavy (non-hydrogen) atoms. The van der Waals surface area contributed by atoms with Crippen molar-refractivity contribution >= 4 is 29.1 Å². The molecule has 0 unspecified atom stereocenters. The second-order valence-corrected chi connectivity index (χ2v) is 5.47. The number of hydrogen-bond acceptors (Lipinski definition) is 3. The third kappa shape index (κ3) is 3.59. The normalized spacial score (nSPS) is 16.7. The second kappa shape index (κ2) is 6.55. The molecule has 1 aliphatic heterocycles. The Kier molecular flexibility index (Phi) is 5.02. The van der Waals surface area contributed by atoms with Gasteiger partial charge in [-0.2, -0.15) is 0 Å². The second-order valence-electron chi connectivity index (χ2n) is 4.68. The van der Waals surface area contributed by atoms with E-state index in [-0.39, 0.29) is 11.1 Å². The van der Waals surface area contributed by atoms with Crippen LogP contribution in [-0.2, 0) is 4.74 Å². The third-order valence-corrected chi connectivity index (χ3v) is 3.86. The van der Waals surface area contributed by atoms with Crippen molar-refractivity contribution in [3.8, 4) is 0 Å². The van der Waals surface area contributed by atoms with Crippen LogP contribution >= 0.6 is 23.2 Å². The van der Waals surface area contributed by atoms with Gasteiger partial charge >= 0.3 is 0 Å². The summed E-state index contributed by atoms with van der Waals surface area (Å²) in [6.45, 7) is 2.20. The number of rotatable bonds is 3. The molecule has 104 valence electrons. The number of piperidine rings is 1. The Morgan fingerprint density at radius 2 is 2.16 bits per heavy atom. The minimum absolute atomic E-state index is 0.0785. The van der Waals surface area contributed by atoms with Gasteiger partial charge < -0.3 is 9.64 Å². The Bertz CT molecular complexity index is 460. The summed E-state index contributed by atoms with van der Waals surface area (Å²) in [5.41, 5.74) is 0.423. The maximum atomic E-state index is 12.4. The van der Waals surface area contributed by atoms with Crippen LogP contribution in [0.15, 0.2) is 12.3 Å². The lowest BCUT2D eigenvalue weighted by molar-refractivity contribution is 0.0613. The van der Waals surface area contributed by atoms with Gasteiger partial charge in [0.25, 0.3) is 5.91 Å². The molecule has 2 rings (SSSR count). The molecule has 1 aromatic heterocycles. The van der Waals surface area contributed by atoms with Crippen molar-refractivity contribution in [2.75, 3.05) is 26.8 Å². The highest BCUT2D eigenvalue weighted by atomic mass is 35.5. The molecule has 0 spiro atoms. The van der Waals surface area contributed by atoms with Crippen molar-refractivity contribution in [1.29, 1.82) is 0 Å². The standard InChI is InChI=1S/C13H16Cl2N2O2/c1-19-8-9-2-4-17(5-3-9)13(18)10-6-12(15)16-7-11(10)14/h6-7,9H,2-5,8H2,1H3. The van der Waals surface area contributed by atoms with Crippen molar-refractivity contribution in [3.63, 3.8) is 0 Å². The molecule has 0 aliphatic carbocycles. The number of ether oxygens (including phenoxy) is 1. The molecule has 1 aliphatic rings. The summed E-state index contributed by atoms with van der Waals surface area (Å²) in [7, 11) is 1.70. The zero-order chi connectivity index (χ0) is 13.8. The van der Waals surface area contributed by atoms with E-state index in [1.165, 1.54) is 12.3 Å². The molecule has 6 heteroatoms. The third-order valence-electron chi connectivity index (χ3n) is 3.36. The van der Waals surface area contributed by atoms with Gasteiger partial charge in [0, 0.05) is 33.0 Å². The van der Waals surface area contributed by atoms with Gasteiger partial charge in [0.15, 0.2) is 0 Å². The number of carbonyl (C=O) groups excluding carboxylic acids is 1. The SMILES string of the molecule is COCC1CCN(C(=O)c2cc(Cl)ncc2Cl)CC1. The number of aromatic nitrogens is 1. The summed E-state index contributed by atoms with van der Waals surface area (Å²) < 4.78 is 5.15. The van der Waals surface area contributed by atoms with Gasteiger partial charge in [0.2, 0.25) is 0 Å².